The molecule has 1 saturated carbocycles. The van der Waals surface area contributed by atoms with Gasteiger partial charge in [0, 0.05) is 32.2 Å². The quantitative estimate of drug-likeness (QED) is 0.574. The summed E-state index contributed by atoms with van der Waals surface area (Å²) >= 11 is 0. The van der Waals surface area contributed by atoms with Crippen molar-refractivity contribution in [2.24, 2.45) is 5.41 Å². The predicted octanol–water partition coefficient (Wildman–Crippen LogP) is 3.26. The van der Waals surface area contributed by atoms with Crippen LogP contribution in [0.1, 0.15) is 36.8 Å². The number of rotatable bonds is 7. The molecule has 7 nitrogen and oxygen atoms in total. The van der Waals surface area contributed by atoms with Crippen molar-refractivity contribution < 1.29 is 32.6 Å². The monoisotopic (exact) mass is 531 g/mol. The number of nitrogens with one attached hydrogen (secondary N) is 1. The van der Waals surface area contributed by atoms with Gasteiger partial charge in [-0.1, -0.05) is 42.5 Å². The van der Waals surface area contributed by atoms with E-state index >= 15 is 0 Å². The molecular formula is C28H32F3N3O4. The molecule has 2 amide bonds. The second-order valence-corrected chi connectivity index (χ2v) is 10.8. The number of hydrogen-bond acceptors (Lipinski definition) is 5. The topological polar surface area (TPSA) is 82.1 Å². The molecule has 1 spiro atoms. The zero-order valence-electron chi connectivity index (χ0n) is 21.0. The van der Waals surface area contributed by atoms with Crippen molar-refractivity contribution in [3.63, 3.8) is 0 Å². The summed E-state index contributed by atoms with van der Waals surface area (Å²) in [6.45, 7) is 2.53. The molecule has 2 atom stereocenters. The molecule has 10 heteroatoms. The minimum Gasteiger partial charge on any atom is -0.406 e. The summed E-state index contributed by atoms with van der Waals surface area (Å²) in [5, 5.41) is 13.6. The third kappa shape index (κ3) is 6.13. The number of nitrogens with zero attached hydrogens (tertiary/aromatic N) is 2. The SMILES string of the molecule is O=C(Cc1cccc(OC(F)(F)F)c1)NC1CC2(CCN(C(=O)[C@@H]3[C@@H](O)CCN3Cc3ccccc3)C2)C1. The van der Waals surface area contributed by atoms with Gasteiger partial charge in [-0.15, -0.1) is 13.2 Å². The molecule has 2 aromatic carbocycles. The van der Waals surface area contributed by atoms with Crippen molar-refractivity contribution in [1.29, 1.82) is 0 Å². The average molecular weight is 532 g/mol. The Bertz CT molecular complexity index is 1150. The lowest BCUT2D eigenvalue weighted by atomic mass is 9.65. The van der Waals surface area contributed by atoms with Gasteiger partial charge < -0.3 is 20.1 Å². The van der Waals surface area contributed by atoms with E-state index in [1.54, 1.807) is 6.07 Å². The van der Waals surface area contributed by atoms with E-state index in [9.17, 15) is 27.9 Å². The highest BCUT2D eigenvalue weighted by molar-refractivity contribution is 5.83. The molecule has 2 aliphatic heterocycles. The molecule has 0 aromatic heterocycles. The minimum absolute atomic E-state index is 0.0289. The van der Waals surface area contributed by atoms with Crippen LogP contribution in [0, 0.1) is 5.41 Å². The highest BCUT2D eigenvalue weighted by atomic mass is 19.4. The van der Waals surface area contributed by atoms with Crippen molar-refractivity contribution in [3.8, 4) is 5.75 Å². The third-order valence-electron chi connectivity index (χ3n) is 7.92. The summed E-state index contributed by atoms with van der Waals surface area (Å²) in [6, 6.07) is 14.8. The lowest BCUT2D eigenvalue weighted by molar-refractivity contribution is -0.274. The first-order valence-electron chi connectivity index (χ1n) is 13.0. The molecule has 0 unspecified atom stereocenters. The normalized spacial score (nSPS) is 27.4. The third-order valence-corrected chi connectivity index (χ3v) is 7.92. The van der Waals surface area contributed by atoms with E-state index in [-0.39, 0.29) is 35.4 Å². The Labute approximate surface area is 219 Å². The lowest BCUT2D eigenvalue weighted by Crippen LogP contribution is -2.54. The molecule has 1 aliphatic carbocycles. The number of likely N-dealkylation sites (tertiary alicyclic amines) is 2. The van der Waals surface area contributed by atoms with Crippen LogP contribution in [0.15, 0.2) is 54.6 Å². The Hall–Kier alpha value is -3.11. The van der Waals surface area contributed by atoms with Crippen molar-refractivity contribution >= 4 is 11.8 Å². The smallest absolute Gasteiger partial charge is 0.406 e. The first-order chi connectivity index (χ1) is 18.1. The number of amides is 2. The van der Waals surface area contributed by atoms with Gasteiger partial charge in [-0.3, -0.25) is 14.5 Å². The van der Waals surface area contributed by atoms with E-state index in [1.165, 1.54) is 18.2 Å². The summed E-state index contributed by atoms with van der Waals surface area (Å²) in [6.07, 6.45) is -2.59. The second kappa shape index (κ2) is 10.6. The van der Waals surface area contributed by atoms with Crippen molar-refractivity contribution in [3.05, 3.63) is 65.7 Å². The molecule has 2 saturated heterocycles. The Kier molecular flexibility index (Phi) is 7.37. The highest BCUT2D eigenvalue weighted by Gasteiger charge is 2.51. The molecule has 0 bridgehead atoms. The Morgan fingerprint density at radius 2 is 1.79 bits per heavy atom. The van der Waals surface area contributed by atoms with Crippen molar-refractivity contribution in [2.45, 2.75) is 63.2 Å². The van der Waals surface area contributed by atoms with Gasteiger partial charge in [0.15, 0.2) is 0 Å². The number of benzene rings is 2. The van der Waals surface area contributed by atoms with Crippen LogP contribution in [0.3, 0.4) is 0 Å². The molecular weight excluding hydrogens is 499 g/mol. The van der Waals surface area contributed by atoms with Crippen LogP contribution in [0.5, 0.6) is 5.75 Å². The van der Waals surface area contributed by atoms with E-state index in [0.717, 1.165) is 24.8 Å². The van der Waals surface area contributed by atoms with Crippen molar-refractivity contribution in [1.82, 2.24) is 15.1 Å². The van der Waals surface area contributed by atoms with E-state index in [1.807, 2.05) is 35.2 Å². The molecule has 3 aliphatic rings. The van der Waals surface area contributed by atoms with E-state index < -0.39 is 18.5 Å². The van der Waals surface area contributed by atoms with Crippen LogP contribution in [-0.4, -0.2) is 70.9 Å². The molecule has 38 heavy (non-hydrogen) atoms. The van der Waals surface area contributed by atoms with Gasteiger partial charge in [-0.25, -0.2) is 0 Å². The number of hydrogen-bond donors (Lipinski definition) is 2. The van der Waals surface area contributed by atoms with Crippen LogP contribution in [-0.2, 0) is 22.6 Å². The molecule has 0 radical (unpaired) electrons. The number of aliphatic hydroxyl groups excluding tert-OH is 1. The zero-order chi connectivity index (χ0) is 26.9. The van der Waals surface area contributed by atoms with Crippen molar-refractivity contribution in [2.75, 3.05) is 19.6 Å². The van der Waals surface area contributed by atoms with Crippen LogP contribution in [0.4, 0.5) is 13.2 Å². The van der Waals surface area contributed by atoms with Crippen LogP contribution in [0.2, 0.25) is 0 Å². The minimum atomic E-state index is -4.78. The molecule has 2 aromatic rings. The maximum Gasteiger partial charge on any atom is 0.573 e. The number of carbonyl (C=O) groups excluding carboxylic acids is 2. The summed E-state index contributed by atoms with van der Waals surface area (Å²) < 4.78 is 41.3. The molecule has 204 valence electrons. The lowest BCUT2D eigenvalue weighted by Gasteiger charge is -2.45. The van der Waals surface area contributed by atoms with E-state index in [2.05, 4.69) is 15.0 Å². The van der Waals surface area contributed by atoms with Crippen LogP contribution >= 0.6 is 0 Å². The standard InChI is InChI=1S/C28H32F3N3O4/c29-28(30,31)38-22-8-4-7-20(13-22)14-24(36)32-21-15-27(16-21)10-12-34(18-27)26(37)25-23(35)9-11-33(25)17-19-5-2-1-3-6-19/h1-8,13,21,23,25,35H,9-12,14-18H2,(H,32,36)/t21?,23-,25-,27?/m0/s1. The van der Waals surface area contributed by atoms with Gasteiger partial charge in [-0.2, -0.15) is 0 Å². The van der Waals surface area contributed by atoms with Gasteiger partial charge >= 0.3 is 6.36 Å². The van der Waals surface area contributed by atoms with Crippen LogP contribution < -0.4 is 10.1 Å². The van der Waals surface area contributed by atoms with Gasteiger partial charge in [0.2, 0.25) is 11.8 Å². The Morgan fingerprint density at radius 3 is 2.53 bits per heavy atom. The number of ether oxygens (including phenoxy) is 1. The number of alkyl halides is 3. The Balaban J connectivity index is 1.11. The van der Waals surface area contributed by atoms with Gasteiger partial charge in [0.25, 0.3) is 0 Å². The first-order valence-corrected chi connectivity index (χ1v) is 13.0. The predicted molar refractivity (Wildman–Crippen MR) is 133 cm³/mol. The maximum atomic E-state index is 13.4. The van der Waals surface area contributed by atoms with Gasteiger partial charge in [0.1, 0.15) is 11.8 Å². The fraction of sp³-hybridized carbons (Fsp3) is 0.500. The number of carbonyl (C=O) groups is 2. The molecule has 2 heterocycles. The first kappa shape index (κ1) is 26.5. The number of halogens is 3. The zero-order valence-corrected chi connectivity index (χ0v) is 21.0. The fourth-order valence-corrected chi connectivity index (χ4v) is 6.20. The molecule has 5 rings (SSSR count). The number of aliphatic hydroxyl groups is 1. The van der Waals surface area contributed by atoms with E-state index in [4.69, 9.17) is 0 Å². The fourth-order valence-electron chi connectivity index (χ4n) is 6.20. The van der Waals surface area contributed by atoms with Gasteiger partial charge in [0.05, 0.1) is 12.5 Å². The summed E-state index contributed by atoms with van der Waals surface area (Å²) in [4.78, 5) is 29.9. The summed E-state index contributed by atoms with van der Waals surface area (Å²) in [5.74, 6) is -0.641. The summed E-state index contributed by atoms with van der Waals surface area (Å²) in [7, 11) is 0. The highest BCUT2D eigenvalue weighted by Crippen LogP contribution is 2.48. The Morgan fingerprint density at radius 1 is 1.05 bits per heavy atom. The average Bonchev–Trinajstić information content (AvgIpc) is 3.42. The molecule has 3 fully saturated rings. The van der Waals surface area contributed by atoms with Crippen LogP contribution in [0.25, 0.3) is 0 Å². The summed E-state index contributed by atoms with van der Waals surface area (Å²) in [5.41, 5.74) is 1.50. The van der Waals surface area contributed by atoms with Gasteiger partial charge in [-0.05, 0) is 54.4 Å². The largest absolute Gasteiger partial charge is 0.573 e. The van der Waals surface area contributed by atoms with E-state index in [0.29, 0.717) is 38.2 Å². The maximum absolute atomic E-state index is 13.4. The second-order valence-electron chi connectivity index (χ2n) is 10.8. The molecule has 2 N–H and O–H groups in total.